The molecule has 0 aromatic carbocycles. The van der Waals surface area contributed by atoms with Gasteiger partial charge in [-0.3, -0.25) is 4.79 Å². The summed E-state index contributed by atoms with van der Waals surface area (Å²) in [7, 11) is 0. The summed E-state index contributed by atoms with van der Waals surface area (Å²) in [5, 5.41) is 0. The summed E-state index contributed by atoms with van der Waals surface area (Å²) in [5.41, 5.74) is 7.32. The predicted molar refractivity (Wildman–Crippen MR) is 78.7 cm³/mol. The number of nitrogens with two attached hydrogens (primary N) is 1. The molecule has 3 nitrogen and oxygen atoms in total. The highest BCUT2D eigenvalue weighted by atomic mass is 32.1. The molecule has 1 amide bonds. The van der Waals surface area contributed by atoms with Gasteiger partial charge in [0.1, 0.15) is 0 Å². The van der Waals surface area contributed by atoms with Crippen LogP contribution in [0.15, 0.2) is 6.07 Å². The Kier molecular flexibility index (Phi) is 3.89. The van der Waals surface area contributed by atoms with E-state index in [1.165, 1.54) is 36.1 Å². The molecule has 1 atom stereocenters. The van der Waals surface area contributed by atoms with Crippen molar-refractivity contribution in [1.82, 2.24) is 4.90 Å². The van der Waals surface area contributed by atoms with Gasteiger partial charge in [-0.2, -0.15) is 0 Å². The molecule has 1 fully saturated rings. The number of amides is 1. The molecule has 2 N–H and O–H groups in total. The van der Waals surface area contributed by atoms with E-state index in [2.05, 4.69) is 6.07 Å². The first-order valence-electron chi connectivity index (χ1n) is 7.40. The summed E-state index contributed by atoms with van der Waals surface area (Å²) in [6.45, 7) is 1.55. The molecule has 0 bridgehead atoms. The lowest BCUT2D eigenvalue weighted by Crippen LogP contribution is -2.31. The summed E-state index contributed by atoms with van der Waals surface area (Å²) in [4.78, 5) is 16.8. The minimum Gasteiger partial charge on any atom is -0.336 e. The zero-order chi connectivity index (χ0) is 13.2. The van der Waals surface area contributed by atoms with E-state index in [4.69, 9.17) is 5.73 Å². The van der Waals surface area contributed by atoms with Crippen LogP contribution in [-0.2, 0) is 12.8 Å². The van der Waals surface area contributed by atoms with E-state index in [0.29, 0.717) is 0 Å². The van der Waals surface area contributed by atoms with Crippen LogP contribution in [-0.4, -0.2) is 29.9 Å². The monoisotopic (exact) mass is 278 g/mol. The highest BCUT2D eigenvalue weighted by Crippen LogP contribution is 2.29. The normalized spacial score (nSPS) is 23.8. The van der Waals surface area contributed by atoms with Crippen molar-refractivity contribution in [3.05, 3.63) is 21.4 Å². The summed E-state index contributed by atoms with van der Waals surface area (Å²) < 4.78 is 0. The van der Waals surface area contributed by atoms with Crippen molar-refractivity contribution in [2.24, 2.45) is 5.73 Å². The second kappa shape index (κ2) is 5.63. The molecule has 4 heteroatoms. The molecule has 0 saturated carbocycles. The lowest BCUT2D eigenvalue weighted by atomic mass is 10.00. The van der Waals surface area contributed by atoms with Gasteiger partial charge in [-0.15, -0.1) is 11.3 Å². The number of nitrogens with zero attached hydrogens (tertiary/aromatic N) is 1. The van der Waals surface area contributed by atoms with Crippen LogP contribution in [0.25, 0.3) is 0 Å². The van der Waals surface area contributed by atoms with Crippen LogP contribution in [0.3, 0.4) is 0 Å². The fraction of sp³-hybridized carbons (Fsp3) is 0.667. The maximum absolute atomic E-state index is 12.5. The maximum Gasteiger partial charge on any atom is 0.263 e. The van der Waals surface area contributed by atoms with Gasteiger partial charge in [-0.05, 0) is 43.7 Å². The molecule has 2 heterocycles. The maximum atomic E-state index is 12.5. The van der Waals surface area contributed by atoms with Gasteiger partial charge in [-0.1, -0.05) is 12.8 Å². The zero-order valence-electron chi connectivity index (χ0n) is 11.4. The Bertz CT molecular complexity index is 443. The number of fused-ring (bicyclic) bond motifs is 1. The Morgan fingerprint density at radius 2 is 2.05 bits per heavy atom. The quantitative estimate of drug-likeness (QED) is 0.858. The molecule has 1 aromatic rings. The van der Waals surface area contributed by atoms with E-state index in [0.717, 1.165) is 37.2 Å². The summed E-state index contributed by atoms with van der Waals surface area (Å²) in [5.74, 6) is 0.199. The highest BCUT2D eigenvalue weighted by molar-refractivity contribution is 7.14. The third-order valence-corrected chi connectivity index (χ3v) is 5.44. The fourth-order valence-corrected chi connectivity index (χ4v) is 4.30. The van der Waals surface area contributed by atoms with Gasteiger partial charge in [0.15, 0.2) is 0 Å². The van der Waals surface area contributed by atoms with Crippen molar-refractivity contribution >= 4 is 17.2 Å². The molecule has 3 rings (SSSR count). The van der Waals surface area contributed by atoms with Crippen molar-refractivity contribution in [3.8, 4) is 0 Å². The van der Waals surface area contributed by atoms with Crippen LogP contribution >= 0.6 is 11.3 Å². The minimum absolute atomic E-state index is 0.171. The van der Waals surface area contributed by atoms with Crippen LogP contribution in [0.1, 0.15) is 52.2 Å². The number of hydrogen-bond donors (Lipinski definition) is 1. The molecular weight excluding hydrogens is 256 g/mol. The molecule has 2 aliphatic rings. The molecule has 0 radical (unpaired) electrons. The van der Waals surface area contributed by atoms with E-state index in [1.807, 2.05) is 4.90 Å². The van der Waals surface area contributed by atoms with Crippen LogP contribution in [0.2, 0.25) is 0 Å². The van der Waals surface area contributed by atoms with Crippen molar-refractivity contribution in [2.45, 2.75) is 51.0 Å². The first kappa shape index (κ1) is 13.1. The topological polar surface area (TPSA) is 46.3 Å². The van der Waals surface area contributed by atoms with Crippen LogP contribution < -0.4 is 5.73 Å². The number of hydrogen-bond acceptors (Lipinski definition) is 3. The lowest BCUT2D eigenvalue weighted by Gasteiger charge is -2.14. The second-order valence-electron chi connectivity index (χ2n) is 5.77. The second-order valence-corrected chi connectivity index (χ2v) is 6.91. The highest BCUT2D eigenvalue weighted by Gasteiger charge is 2.26. The first-order chi connectivity index (χ1) is 9.24. The Labute approximate surface area is 118 Å². The summed E-state index contributed by atoms with van der Waals surface area (Å²) in [6, 6.07) is 2.32. The SMILES string of the molecule is N[C@@H]1CCN(C(=O)c2cc3c(s2)CCCCCC3)C1. The fourth-order valence-electron chi connectivity index (χ4n) is 3.08. The van der Waals surface area contributed by atoms with E-state index >= 15 is 0 Å². The van der Waals surface area contributed by atoms with Gasteiger partial charge >= 0.3 is 0 Å². The van der Waals surface area contributed by atoms with E-state index in [1.54, 1.807) is 11.3 Å². The molecule has 0 unspecified atom stereocenters. The molecule has 0 spiro atoms. The number of carbonyl (C=O) groups is 1. The third-order valence-electron chi connectivity index (χ3n) is 4.22. The number of aryl methyl sites for hydroxylation is 2. The summed E-state index contributed by atoms with van der Waals surface area (Å²) in [6.07, 6.45) is 8.46. The predicted octanol–water partition coefficient (Wildman–Crippen LogP) is 2.58. The molecule has 1 aliphatic heterocycles. The Balaban J connectivity index is 1.77. The molecule has 104 valence electrons. The standard InChI is InChI=1S/C15H22N2OS/c16-12-7-8-17(10-12)15(18)14-9-11-5-3-1-2-4-6-13(11)19-14/h9,12H,1-8,10,16H2/t12-/m1/s1. The largest absolute Gasteiger partial charge is 0.336 e. The van der Waals surface area contributed by atoms with Gasteiger partial charge in [0.05, 0.1) is 4.88 Å². The van der Waals surface area contributed by atoms with Crippen LogP contribution in [0, 0.1) is 0 Å². The van der Waals surface area contributed by atoms with Crippen molar-refractivity contribution < 1.29 is 4.79 Å². The van der Waals surface area contributed by atoms with Gasteiger partial charge in [0, 0.05) is 24.0 Å². The Hall–Kier alpha value is -0.870. The Morgan fingerprint density at radius 3 is 2.79 bits per heavy atom. The number of likely N-dealkylation sites (tertiary alicyclic amines) is 1. The van der Waals surface area contributed by atoms with Crippen LogP contribution in [0.5, 0.6) is 0 Å². The molecule has 19 heavy (non-hydrogen) atoms. The molecule has 1 aromatic heterocycles. The molecule has 1 saturated heterocycles. The van der Waals surface area contributed by atoms with E-state index < -0.39 is 0 Å². The van der Waals surface area contributed by atoms with Crippen molar-refractivity contribution in [1.29, 1.82) is 0 Å². The van der Waals surface area contributed by atoms with Gasteiger partial charge in [0.2, 0.25) is 0 Å². The average molecular weight is 278 g/mol. The Morgan fingerprint density at radius 1 is 1.26 bits per heavy atom. The minimum atomic E-state index is 0.171. The van der Waals surface area contributed by atoms with E-state index in [9.17, 15) is 4.79 Å². The van der Waals surface area contributed by atoms with E-state index in [-0.39, 0.29) is 11.9 Å². The van der Waals surface area contributed by atoms with Crippen molar-refractivity contribution in [2.75, 3.05) is 13.1 Å². The van der Waals surface area contributed by atoms with Crippen LogP contribution in [0.4, 0.5) is 0 Å². The van der Waals surface area contributed by atoms with Gasteiger partial charge in [0.25, 0.3) is 5.91 Å². The number of thiophene rings is 1. The molecular formula is C15H22N2OS. The average Bonchev–Trinajstić information content (AvgIpc) is 2.95. The van der Waals surface area contributed by atoms with Gasteiger partial charge in [-0.25, -0.2) is 0 Å². The number of carbonyl (C=O) groups excluding carboxylic acids is 1. The van der Waals surface area contributed by atoms with Crippen molar-refractivity contribution in [3.63, 3.8) is 0 Å². The third kappa shape index (κ3) is 2.84. The van der Waals surface area contributed by atoms with Gasteiger partial charge < -0.3 is 10.6 Å². The zero-order valence-corrected chi connectivity index (χ0v) is 12.2. The first-order valence-corrected chi connectivity index (χ1v) is 8.22. The summed E-state index contributed by atoms with van der Waals surface area (Å²) >= 11 is 1.72. The number of rotatable bonds is 1. The lowest BCUT2D eigenvalue weighted by molar-refractivity contribution is 0.0795. The molecule has 1 aliphatic carbocycles. The smallest absolute Gasteiger partial charge is 0.263 e.